The van der Waals surface area contributed by atoms with Crippen LogP contribution in [0.5, 0.6) is 0 Å². The molecular formula is C12H25IO2. The van der Waals surface area contributed by atoms with Gasteiger partial charge in [0.25, 0.3) is 0 Å². The summed E-state index contributed by atoms with van der Waals surface area (Å²) in [5, 5.41) is 0. The Kier molecular flexibility index (Phi) is 11.6. The van der Waals surface area contributed by atoms with Crippen molar-refractivity contribution >= 4 is 22.6 Å². The molecule has 2 nitrogen and oxygen atoms in total. The van der Waals surface area contributed by atoms with Crippen molar-refractivity contribution in [3.05, 3.63) is 0 Å². The molecule has 0 aliphatic carbocycles. The van der Waals surface area contributed by atoms with E-state index in [1.807, 2.05) is 0 Å². The summed E-state index contributed by atoms with van der Waals surface area (Å²) in [5.41, 5.74) is 0. The first-order chi connectivity index (χ1) is 7.26. The third-order valence-corrected chi connectivity index (χ3v) is 3.80. The normalized spacial score (nSPS) is 13.4. The van der Waals surface area contributed by atoms with Crippen LogP contribution >= 0.6 is 22.6 Å². The van der Waals surface area contributed by atoms with Gasteiger partial charge in [-0.3, -0.25) is 0 Å². The Morgan fingerprint density at radius 3 is 2.00 bits per heavy atom. The van der Waals surface area contributed by atoms with Gasteiger partial charge in [-0.1, -0.05) is 68.0 Å². The second kappa shape index (κ2) is 11.1. The van der Waals surface area contributed by atoms with Gasteiger partial charge in [0.2, 0.25) is 0 Å². The van der Waals surface area contributed by atoms with Crippen molar-refractivity contribution < 1.29 is 9.47 Å². The summed E-state index contributed by atoms with van der Waals surface area (Å²) in [6, 6.07) is 0. The average molecular weight is 328 g/mol. The topological polar surface area (TPSA) is 18.5 Å². The fourth-order valence-corrected chi connectivity index (χ4v) is 2.67. The molecule has 0 aromatic rings. The zero-order valence-electron chi connectivity index (χ0n) is 10.3. The van der Waals surface area contributed by atoms with Gasteiger partial charge in [0.1, 0.15) is 0 Å². The number of alkyl halides is 1. The molecule has 0 N–H and O–H groups in total. The lowest BCUT2D eigenvalue weighted by Crippen LogP contribution is -2.24. The van der Waals surface area contributed by atoms with E-state index >= 15 is 0 Å². The Balaban J connectivity index is 3.33. The Labute approximate surface area is 108 Å². The van der Waals surface area contributed by atoms with E-state index in [0.717, 1.165) is 0 Å². The van der Waals surface area contributed by atoms with Crippen molar-refractivity contribution in [1.82, 2.24) is 0 Å². The molecule has 0 saturated heterocycles. The van der Waals surface area contributed by atoms with Crippen molar-refractivity contribution in [1.29, 1.82) is 0 Å². The molecule has 0 rings (SSSR count). The quantitative estimate of drug-likeness (QED) is 0.259. The van der Waals surface area contributed by atoms with Crippen LogP contribution in [-0.4, -0.2) is 24.4 Å². The highest BCUT2D eigenvalue weighted by atomic mass is 127. The largest absolute Gasteiger partial charge is 0.355 e. The number of unbranched alkanes of at least 4 members (excludes halogenated alkanes) is 5. The first kappa shape index (κ1) is 15.7. The summed E-state index contributed by atoms with van der Waals surface area (Å²) in [4.78, 5) is 0. The predicted octanol–water partition coefficient (Wildman–Crippen LogP) is 4.16. The number of methoxy groups -OCH3 is 2. The van der Waals surface area contributed by atoms with Gasteiger partial charge < -0.3 is 9.47 Å². The zero-order chi connectivity index (χ0) is 11.5. The van der Waals surface area contributed by atoms with Crippen LogP contribution in [0.15, 0.2) is 0 Å². The Morgan fingerprint density at radius 2 is 1.47 bits per heavy atom. The minimum absolute atomic E-state index is 0.0405. The monoisotopic (exact) mass is 328 g/mol. The van der Waals surface area contributed by atoms with Gasteiger partial charge in [-0.05, 0) is 6.42 Å². The zero-order valence-corrected chi connectivity index (χ0v) is 12.5. The standard InChI is InChI=1S/C12H25IO2/c1-4-5-6-7-8-9-10-11(13)12(14-2)15-3/h11-12H,4-10H2,1-3H3. The van der Waals surface area contributed by atoms with Crippen LogP contribution in [0.2, 0.25) is 0 Å². The van der Waals surface area contributed by atoms with Crippen molar-refractivity contribution in [3.8, 4) is 0 Å². The van der Waals surface area contributed by atoms with E-state index in [1.54, 1.807) is 14.2 Å². The molecule has 0 aromatic heterocycles. The predicted molar refractivity (Wildman–Crippen MR) is 73.6 cm³/mol. The fourth-order valence-electron chi connectivity index (χ4n) is 1.65. The van der Waals surface area contributed by atoms with Gasteiger partial charge >= 0.3 is 0 Å². The second-order valence-electron chi connectivity index (χ2n) is 3.91. The lowest BCUT2D eigenvalue weighted by molar-refractivity contribution is -0.0995. The molecule has 1 unspecified atom stereocenters. The minimum Gasteiger partial charge on any atom is -0.355 e. The highest BCUT2D eigenvalue weighted by Crippen LogP contribution is 2.18. The summed E-state index contributed by atoms with van der Waals surface area (Å²) in [6.07, 6.45) is 9.26. The highest BCUT2D eigenvalue weighted by Gasteiger charge is 2.16. The Morgan fingerprint density at radius 1 is 0.933 bits per heavy atom. The molecule has 0 amide bonds. The molecule has 0 bridgehead atoms. The van der Waals surface area contributed by atoms with Crippen LogP contribution in [0.4, 0.5) is 0 Å². The van der Waals surface area contributed by atoms with Gasteiger partial charge in [-0.15, -0.1) is 0 Å². The molecule has 0 aromatic carbocycles. The van der Waals surface area contributed by atoms with Crippen molar-refractivity contribution in [2.24, 2.45) is 0 Å². The fraction of sp³-hybridized carbons (Fsp3) is 1.00. The lowest BCUT2D eigenvalue weighted by atomic mass is 10.1. The number of ether oxygens (including phenoxy) is 2. The number of hydrogen-bond donors (Lipinski definition) is 0. The average Bonchev–Trinajstić information content (AvgIpc) is 2.25. The van der Waals surface area contributed by atoms with Crippen LogP contribution in [0.25, 0.3) is 0 Å². The summed E-state index contributed by atoms with van der Waals surface area (Å²) in [6.45, 7) is 2.25. The summed E-state index contributed by atoms with van der Waals surface area (Å²) < 4.78 is 10.9. The van der Waals surface area contributed by atoms with E-state index in [2.05, 4.69) is 29.5 Å². The van der Waals surface area contributed by atoms with E-state index in [4.69, 9.17) is 9.47 Å². The Hall–Kier alpha value is 0.650. The first-order valence-corrected chi connectivity index (χ1v) is 7.20. The number of hydrogen-bond acceptors (Lipinski definition) is 2. The summed E-state index contributed by atoms with van der Waals surface area (Å²) in [5.74, 6) is 0. The molecule has 15 heavy (non-hydrogen) atoms. The van der Waals surface area contributed by atoms with Crippen molar-refractivity contribution in [2.75, 3.05) is 14.2 Å². The van der Waals surface area contributed by atoms with E-state index in [0.29, 0.717) is 3.92 Å². The van der Waals surface area contributed by atoms with E-state index < -0.39 is 0 Å². The van der Waals surface area contributed by atoms with Gasteiger partial charge in [-0.25, -0.2) is 0 Å². The third kappa shape index (κ3) is 8.46. The van der Waals surface area contributed by atoms with E-state index in [9.17, 15) is 0 Å². The third-order valence-electron chi connectivity index (χ3n) is 2.59. The molecule has 3 heteroatoms. The van der Waals surface area contributed by atoms with Crippen LogP contribution in [0.1, 0.15) is 51.9 Å². The maximum atomic E-state index is 5.23. The number of halogens is 1. The Bertz CT molecular complexity index is 127. The highest BCUT2D eigenvalue weighted by molar-refractivity contribution is 14.1. The van der Waals surface area contributed by atoms with Crippen LogP contribution in [-0.2, 0) is 9.47 Å². The van der Waals surface area contributed by atoms with Crippen LogP contribution < -0.4 is 0 Å². The molecular weight excluding hydrogens is 303 g/mol. The molecule has 1 atom stereocenters. The maximum absolute atomic E-state index is 5.23. The van der Waals surface area contributed by atoms with E-state index in [-0.39, 0.29) is 6.29 Å². The van der Waals surface area contributed by atoms with Gasteiger partial charge in [0.05, 0.1) is 3.92 Å². The number of rotatable bonds is 10. The molecule has 92 valence electrons. The maximum Gasteiger partial charge on any atom is 0.168 e. The van der Waals surface area contributed by atoms with Crippen LogP contribution in [0.3, 0.4) is 0 Å². The molecule has 0 saturated carbocycles. The van der Waals surface area contributed by atoms with Gasteiger partial charge in [-0.2, -0.15) is 0 Å². The van der Waals surface area contributed by atoms with Gasteiger partial charge in [0, 0.05) is 14.2 Å². The van der Waals surface area contributed by atoms with Crippen LogP contribution in [0, 0.1) is 0 Å². The smallest absolute Gasteiger partial charge is 0.168 e. The molecule has 0 aliphatic heterocycles. The second-order valence-corrected chi connectivity index (χ2v) is 5.51. The minimum atomic E-state index is -0.0405. The SMILES string of the molecule is CCCCCCCCC(I)C(OC)OC. The molecule has 0 aliphatic rings. The first-order valence-electron chi connectivity index (χ1n) is 5.95. The van der Waals surface area contributed by atoms with Crippen molar-refractivity contribution in [3.63, 3.8) is 0 Å². The summed E-state index contributed by atoms with van der Waals surface area (Å²) >= 11 is 2.42. The molecule has 0 radical (unpaired) electrons. The molecule has 0 heterocycles. The molecule has 0 spiro atoms. The lowest BCUT2D eigenvalue weighted by Gasteiger charge is -2.19. The molecule has 0 fully saturated rings. The summed E-state index contributed by atoms with van der Waals surface area (Å²) in [7, 11) is 3.42. The van der Waals surface area contributed by atoms with Gasteiger partial charge in [0.15, 0.2) is 6.29 Å². The van der Waals surface area contributed by atoms with E-state index in [1.165, 1.54) is 44.9 Å². The van der Waals surface area contributed by atoms with Crippen molar-refractivity contribution in [2.45, 2.75) is 62.1 Å².